The second-order valence-corrected chi connectivity index (χ2v) is 6.03. The summed E-state index contributed by atoms with van der Waals surface area (Å²) >= 11 is 0. The van der Waals surface area contributed by atoms with Crippen molar-refractivity contribution in [2.45, 2.75) is 54.4 Å². The number of hydrogen-bond donors (Lipinski definition) is 1. The molecular formula is C12H25NO. The van der Waals surface area contributed by atoms with E-state index in [1.54, 1.807) is 0 Å². The fourth-order valence-corrected chi connectivity index (χ4v) is 1.01. The van der Waals surface area contributed by atoms with Crippen LogP contribution in [0.2, 0.25) is 0 Å². The SMILES string of the molecule is CCC(C)(C)CNC(=O)CC(C)(C)C. The molecular weight excluding hydrogens is 174 g/mol. The van der Waals surface area contributed by atoms with Crippen LogP contribution < -0.4 is 5.32 Å². The quantitative estimate of drug-likeness (QED) is 0.741. The van der Waals surface area contributed by atoms with E-state index in [2.05, 4.69) is 46.9 Å². The van der Waals surface area contributed by atoms with E-state index in [-0.39, 0.29) is 16.7 Å². The van der Waals surface area contributed by atoms with Crippen LogP contribution in [0.15, 0.2) is 0 Å². The zero-order valence-electron chi connectivity index (χ0n) is 10.5. The first-order valence-electron chi connectivity index (χ1n) is 5.43. The molecule has 0 aromatic heterocycles. The van der Waals surface area contributed by atoms with Gasteiger partial charge in [-0.25, -0.2) is 0 Å². The lowest BCUT2D eigenvalue weighted by atomic mass is 9.89. The molecule has 0 atom stereocenters. The number of amides is 1. The van der Waals surface area contributed by atoms with Crippen LogP contribution >= 0.6 is 0 Å². The van der Waals surface area contributed by atoms with Crippen LogP contribution in [0.1, 0.15) is 54.4 Å². The molecule has 2 nitrogen and oxygen atoms in total. The average molecular weight is 199 g/mol. The molecule has 0 saturated carbocycles. The van der Waals surface area contributed by atoms with Gasteiger partial charge in [0.05, 0.1) is 0 Å². The van der Waals surface area contributed by atoms with Gasteiger partial charge in [-0.3, -0.25) is 4.79 Å². The molecule has 1 N–H and O–H groups in total. The van der Waals surface area contributed by atoms with E-state index in [1.165, 1.54) is 0 Å². The third kappa shape index (κ3) is 6.93. The summed E-state index contributed by atoms with van der Waals surface area (Å²) in [6, 6.07) is 0. The number of hydrogen-bond acceptors (Lipinski definition) is 1. The Morgan fingerprint density at radius 1 is 1.14 bits per heavy atom. The Labute approximate surface area is 88.5 Å². The maximum Gasteiger partial charge on any atom is 0.220 e. The van der Waals surface area contributed by atoms with Crippen LogP contribution in [-0.2, 0) is 4.79 Å². The minimum Gasteiger partial charge on any atom is -0.356 e. The van der Waals surface area contributed by atoms with Gasteiger partial charge in [0.15, 0.2) is 0 Å². The van der Waals surface area contributed by atoms with E-state index in [9.17, 15) is 4.79 Å². The Hall–Kier alpha value is -0.530. The summed E-state index contributed by atoms with van der Waals surface area (Å²) < 4.78 is 0. The molecule has 2 heteroatoms. The molecule has 0 aromatic carbocycles. The van der Waals surface area contributed by atoms with Crippen LogP contribution in [0.4, 0.5) is 0 Å². The van der Waals surface area contributed by atoms with Crippen LogP contribution in [0.5, 0.6) is 0 Å². The molecule has 0 radical (unpaired) electrons. The lowest BCUT2D eigenvalue weighted by Crippen LogP contribution is -2.35. The third-order valence-corrected chi connectivity index (χ3v) is 2.41. The molecule has 0 aliphatic heterocycles. The van der Waals surface area contributed by atoms with Gasteiger partial charge in [0.2, 0.25) is 5.91 Å². The fourth-order valence-electron chi connectivity index (χ4n) is 1.01. The predicted molar refractivity (Wildman–Crippen MR) is 61.2 cm³/mol. The molecule has 0 saturated heterocycles. The van der Waals surface area contributed by atoms with Crippen molar-refractivity contribution in [3.8, 4) is 0 Å². The maximum absolute atomic E-state index is 11.5. The van der Waals surface area contributed by atoms with Gasteiger partial charge in [-0.1, -0.05) is 41.5 Å². The Morgan fingerprint density at radius 2 is 1.64 bits per heavy atom. The molecule has 0 aliphatic carbocycles. The maximum atomic E-state index is 11.5. The molecule has 0 fully saturated rings. The van der Waals surface area contributed by atoms with E-state index in [0.717, 1.165) is 13.0 Å². The third-order valence-electron chi connectivity index (χ3n) is 2.41. The number of rotatable bonds is 4. The predicted octanol–water partition coefficient (Wildman–Crippen LogP) is 2.98. The van der Waals surface area contributed by atoms with Crippen molar-refractivity contribution in [1.82, 2.24) is 5.32 Å². The van der Waals surface area contributed by atoms with Gasteiger partial charge in [0.1, 0.15) is 0 Å². The largest absolute Gasteiger partial charge is 0.356 e. The second kappa shape index (κ2) is 4.81. The lowest BCUT2D eigenvalue weighted by molar-refractivity contribution is -0.123. The summed E-state index contributed by atoms with van der Waals surface area (Å²) in [5, 5.41) is 2.99. The van der Waals surface area contributed by atoms with Crippen molar-refractivity contribution in [2.24, 2.45) is 10.8 Å². The molecule has 0 rings (SSSR count). The van der Waals surface area contributed by atoms with Crippen LogP contribution in [0.3, 0.4) is 0 Å². The first-order chi connectivity index (χ1) is 6.16. The smallest absolute Gasteiger partial charge is 0.220 e. The van der Waals surface area contributed by atoms with Crippen molar-refractivity contribution in [2.75, 3.05) is 6.54 Å². The van der Waals surface area contributed by atoms with Crippen LogP contribution in [0.25, 0.3) is 0 Å². The fraction of sp³-hybridized carbons (Fsp3) is 0.917. The summed E-state index contributed by atoms with van der Waals surface area (Å²) in [6.07, 6.45) is 1.69. The molecule has 0 aliphatic rings. The normalized spacial score (nSPS) is 12.7. The molecule has 1 amide bonds. The van der Waals surface area contributed by atoms with Crippen molar-refractivity contribution in [3.05, 3.63) is 0 Å². The molecule has 14 heavy (non-hydrogen) atoms. The highest BCUT2D eigenvalue weighted by Crippen LogP contribution is 2.20. The standard InChI is InChI=1S/C12H25NO/c1-7-12(5,6)9-13-10(14)8-11(2,3)4/h7-9H2,1-6H3,(H,13,14). The van der Waals surface area contributed by atoms with Gasteiger partial charge in [-0.15, -0.1) is 0 Å². The minimum atomic E-state index is 0.0838. The van der Waals surface area contributed by atoms with Gasteiger partial charge >= 0.3 is 0 Å². The number of carbonyl (C=O) groups excluding carboxylic acids is 1. The van der Waals surface area contributed by atoms with E-state index < -0.39 is 0 Å². The Kier molecular flexibility index (Phi) is 4.63. The van der Waals surface area contributed by atoms with E-state index in [0.29, 0.717) is 6.42 Å². The van der Waals surface area contributed by atoms with Gasteiger partial charge in [-0.05, 0) is 17.3 Å². The Bertz CT molecular complexity index is 189. The molecule has 0 unspecified atom stereocenters. The lowest BCUT2D eigenvalue weighted by Gasteiger charge is -2.24. The van der Waals surface area contributed by atoms with Crippen LogP contribution in [-0.4, -0.2) is 12.5 Å². The average Bonchev–Trinajstić information content (AvgIpc) is 1.98. The van der Waals surface area contributed by atoms with Gasteiger partial charge < -0.3 is 5.32 Å². The second-order valence-electron chi connectivity index (χ2n) is 6.03. The Balaban J connectivity index is 3.87. The molecule has 0 bridgehead atoms. The van der Waals surface area contributed by atoms with Gasteiger partial charge in [0, 0.05) is 13.0 Å². The van der Waals surface area contributed by atoms with Crippen molar-refractivity contribution in [1.29, 1.82) is 0 Å². The van der Waals surface area contributed by atoms with Crippen molar-refractivity contribution >= 4 is 5.91 Å². The highest BCUT2D eigenvalue weighted by atomic mass is 16.1. The van der Waals surface area contributed by atoms with E-state index >= 15 is 0 Å². The summed E-state index contributed by atoms with van der Waals surface area (Å²) in [5.74, 6) is 0.166. The summed E-state index contributed by atoms with van der Waals surface area (Å²) in [6.45, 7) is 13.5. The monoisotopic (exact) mass is 199 g/mol. The summed E-state index contributed by atoms with van der Waals surface area (Å²) in [4.78, 5) is 11.5. The zero-order valence-corrected chi connectivity index (χ0v) is 10.5. The topological polar surface area (TPSA) is 29.1 Å². The Morgan fingerprint density at radius 3 is 2.00 bits per heavy atom. The first-order valence-corrected chi connectivity index (χ1v) is 5.43. The highest BCUT2D eigenvalue weighted by molar-refractivity contribution is 5.76. The van der Waals surface area contributed by atoms with Crippen molar-refractivity contribution < 1.29 is 4.79 Å². The first kappa shape index (κ1) is 13.5. The summed E-state index contributed by atoms with van der Waals surface area (Å²) in [5.41, 5.74) is 0.300. The molecule has 0 heterocycles. The molecule has 84 valence electrons. The molecule has 0 aromatic rings. The molecule has 0 spiro atoms. The summed E-state index contributed by atoms with van der Waals surface area (Å²) in [7, 11) is 0. The number of nitrogens with one attached hydrogen (secondary N) is 1. The van der Waals surface area contributed by atoms with Crippen molar-refractivity contribution in [3.63, 3.8) is 0 Å². The number of carbonyl (C=O) groups is 1. The highest BCUT2D eigenvalue weighted by Gasteiger charge is 2.19. The van der Waals surface area contributed by atoms with E-state index in [1.807, 2.05) is 0 Å². The zero-order chi connectivity index (χ0) is 11.4. The minimum absolute atomic E-state index is 0.0838. The van der Waals surface area contributed by atoms with Gasteiger partial charge in [0.25, 0.3) is 0 Å². The van der Waals surface area contributed by atoms with E-state index in [4.69, 9.17) is 0 Å². The van der Waals surface area contributed by atoms with Crippen LogP contribution in [0, 0.1) is 10.8 Å². The van der Waals surface area contributed by atoms with Gasteiger partial charge in [-0.2, -0.15) is 0 Å².